The second-order valence-corrected chi connectivity index (χ2v) is 3.23. The van der Waals surface area contributed by atoms with E-state index in [9.17, 15) is 13.6 Å². The van der Waals surface area contributed by atoms with Crippen molar-refractivity contribution in [3.8, 4) is 5.75 Å². The molecule has 0 aliphatic carbocycles. The van der Waals surface area contributed by atoms with E-state index in [1.807, 2.05) is 4.72 Å². The minimum absolute atomic E-state index is 0.104. The average Bonchev–Trinajstić information content (AvgIpc) is 2.16. The molecule has 0 saturated heterocycles. The number of carboxylic acid groups (broad SMARTS) is 1. The molecule has 15 heavy (non-hydrogen) atoms. The summed E-state index contributed by atoms with van der Waals surface area (Å²) in [6.45, 7) is 0. The molecule has 82 valence electrons. The highest BCUT2D eigenvalue weighted by Gasteiger charge is 2.11. The quantitative estimate of drug-likeness (QED) is 0.738. The van der Waals surface area contributed by atoms with Crippen LogP contribution in [-0.2, 0) is 11.3 Å². The zero-order valence-corrected chi connectivity index (χ0v) is 8.54. The van der Waals surface area contributed by atoms with Crippen molar-refractivity contribution in [2.75, 3.05) is 11.8 Å². The first-order chi connectivity index (χ1) is 7.04. The highest BCUT2D eigenvalue weighted by atomic mass is 32.2. The summed E-state index contributed by atoms with van der Waals surface area (Å²) in [6, 6.07) is 3.96. The van der Waals surface area contributed by atoms with Crippen LogP contribution < -0.4 is 9.46 Å². The number of carbonyl (C=O) groups is 1. The fourth-order valence-corrected chi connectivity index (χ4v) is 1.35. The molecule has 0 amide bonds. The lowest BCUT2D eigenvalue weighted by Gasteiger charge is -2.10. The van der Waals surface area contributed by atoms with E-state index in [4.69, 9.17) is 9.84 Å². The second-order valence-electron chi connectivity index (χ2n) is 2.56. The Balaban J connectivity index is 3.10. The van der Waals surface area contributed by atoms with Crippen LogP contribution in [0.5, 0.6) is 5.75 Å². The maximum absolute atomic E-state index is 10.8. The number of nitrogens with one attached hydrogen (secondary N) is 1. The van der Waals surface area contributed by atoms with Crippen LogP contribution in [-0.4, -0.2) is 26.9 Å². The first-order valence-electron chi connectivity index (χ1n) is 3.82. The van der Waals surface area contributed by atoms with Gasteiger partial charge in [0.05, 0.1) is 7.11 Å². The van der Waals surface area contributed by atoms with Gasteiger partial charge in [0, 0.05) is 17.0 Å². The van der Waals surface area contributed by atoms with Crippen molar-refractivity contribution < 1.29 is 23.4 Å². The SMILES string of the molecule is COc1ccc(NS(=O)[O-])cc1C(=O)O. The fraction of sp³-hybridized carbons (Fsp3) is 0.125. The third kappa shape index (κ3) is 2.93. The maximum atomic E-state index is 10.8. The second kappa shape index (κ2) is 4.76. The van der Waals surface area contributed by atoms with Gasteiger partial charge in [0.1, 0.15) is 11.3 Å². The van der Waals surface area contributed by atoms with Crippen LogP contribution in [0.2, 0.25) is 0 Å². The molecule has 0 saturated carbocycles. The molecule has 0 heterocycles. The highest BCUT2D eigenvalue weighted by molar-refractivity contribution is 7.80. The summed E-state index contributed by atoms with van der Waals surface area (Å²) in [5.74, 6) is -1.02. The third-order valence-electron chi connectivity index (χ3n) is 1.63. The number of anilines is 1. The summed E-state index contributed by atoms with van der Waals surface area (Å²) in [4.78, 5) is 10.8. The normalized spacial score (nSPS) is 11.9. The molecular weight excluding hydrogens is 222 g/mol. The molecular formula is C8H8NO5S-. The third-order valence-corrected chi connectivity index (χ3v) is 2.03. The zero-order valence-electron chi connectivity index (χ0n) is 7.72. The molecule has 0 fully saturated rings. The van der Waals surface area contributed by atoms with E-state index in [0.29, 0.717) is 0 Å². The number of rotatable bonds is 4. The highest BCUT2D eigenvalue weighted by Crippen LogP contribution is 2.22. The number of aromatic carboxylic acids is 1. The van der Waals surface area contributed by atoms with Gasteiger partial charge < -0.3 is 19.1 Å². The van der Waals surface area contributed by atoms with Crippen LogP contribution in [0.4, 0.5) is 5.69 Å². The molecule has 0 aromatic heterocycles. The predicted molar refractivity (Wildman–Crippen MR) is 52.5 cm³/mol. The lowest BCUT2D eigenvalue weighted by molar-refractivity contribution is 0.0693. The van der Waals surface area contributed by atoms with Crippen molar-refractivity contribution in [1.82, 2.24) is 0 Å². The number of methoxy groups -OCH3 is 1. The van der Waals surface area contributed by atoms with Crippen molar-refractivity contribution in [3.63, 3.8) is 0 Å². The van der Waals surface area contributed by atoms with Gasteiger partial charge in [-0.3, -0.25) is 4.21 Å². The number of carboxylic acids is 1. The molecule has 2 N–H and O–H groups in total. The molecule has 6 nitrogen and oxygen atoms in total. The van der Waals surface area contributed by atoms with Crippen LogP contribution in [0.15, 0.2) is 18.2 Å². The Kier molecular flexibility index (Phi) is 3.64. The smallest absolute Gasteiger partial charge is 0.339 e. The molecule has 0 bridgehead atoms. The monoisotopic (exact) mass is 230 g/mol. The van der Waals surface area contributed by atoms with E-state index in [0.717, 1.165) is 0 Å². The number of hydrogen-bond acceptors (Lipinski definition) is 4. The minimum atomic E-state index is -2.48. The van der Waals surface area contributed by atoms with Gasteiger partial charge in [0.25, 0.3) is 0 Å². The van der Waals surface area contributed by atoms with Crippen LogP contribution in [0.25, 0.3) is 0 Å². The minimum Gasteiger partial charge on any atom is -0.755 e. The first-order valence-corrected chi connectivity index (χ1v) is 4.89. The predicted octanol–water partition coefficient (Wildman–Crippen LogP) is 0.599. The number of ether oxygens (including phenoxy) is 1. The molecule has 1 rings (SSSR count). The van der Waals surface area contributed by atoms with Gasteiger partial charge in [-0.05, 0) is 18.2 Å². The summed E-state index contributed by atoms with van der Waals surface area (Å²) >= 11 is -2.48. The summed E-state index contributed by atoms with van der Waals surface area (Å²) in [7, 11) is 1.33. The van der Waals surface area contributed by atoms with Crippen molar-refractivity contribution in [2.24, 2.45) is 0 Å². The Labute approximate surface area is 88.3 Å². The largest absolute Gasteiger partial charge is 0.755 e. The van der Waals surface area contributed by atoms with Gasteiger partial charge in [-0.25, -0.2) is 4.79 Å². The van der Waals surface area contributed by atoms with Crippen LogP contribution >= 0.6 is 0 Å². The Morgan fingerprint density at radius 3 is 2.73 bits per heavy atom. The molecule has 1 aromatic carbocycles. The molecule has 7 heteroatoms. The first kappa shape index (κ1) is 11.5. The molecule has 0 aliphatic heterocycles. The average molecular weight is 230 g/mol. The Morgan fingerprint density at radius 2 is 2.27 bits per heavy atom. The van der Waals surface area contributed by atoms with Gasteiger partial charge >= 0.3 is 5.97 Å². The standard InChI is InChI=1S/C8H9NO5S/c1-14-7-3-2-5(9-15(12)13)4-6(7)8(10)11/h2-4,9H,1H3,(H,10,11)(H,12,13)/p-1. The lowest BCUT2D eigenvalue weighted by atomic mass is 10.2. The van der Waals surface area contributed by atoms with E-state index >= 15 is 0 Å². The van der Waals surface area contributed by atoms with Crippen molar-refractivity contribution in [3.05, 3.63) is 23.8 Å². The summed E-state index contributed by atoms with van der Waals surface area (Å²) in [5, 5.41) is 8.79. The summed E-state index contributed by atoms with van der Waals surface area (Å²) in [5.41, 5.74) is 0.0643. The van der Waals surface area contributed by atoms with E-state index in [-0.39, 0.29) is 17.0 Å². The van der Waals surface area contributed by atoms with Crippen LogP contribution in [0.1, 0.15) is 10.4 Å². The lowest BCUT2D eigenvalue weighted by Crippen LogP contribution is -2.05. The molecule has 0 spiro atoms. The van der Waals surface area contributed by atoms with Crippen molar-refractivity contribution in [2.45, 2.75) is 0 Å². The van der Waals surface area contributed by atoms with Gasteiger partial charge in [-0.1, -0.05) is 0 Å². The van der Waals surface area contributed by atoms with E-state index in [1.54, 1.807) is 0 Å². The Bertz CT molecular complexity index is 406. The molecule has 1 aromatic rings. The van der Waals surface area contributed by atoms with E-state index in [2.05, 4.69) is 0 Å². The van der Waals surface area contributed by atoms with E-state index < -0.39 is 17.2 Å². The van der Waals surface area contributed by atoms with Crippen LogP contribution in [0, 0.1) is 0 Å². The molecule has 0 aliphatic rings. The van der Waals surface area contributed by atoms with E-state index in [1.165, 1.54) is 25.3 Å². The summed E-state index contributed by atoms with van der Waals surface area (Å²) in [6.07, 6.45) is 0. The maximum Gasteiger partial charge on any atom is 0.339 e. The van der Waals surface area contributed by atoms with Gasteiger partial charge in [0.15, 0.2) is 0 Å². The van der Waals surface area contributed by atoms with Gasteiger partial charge in [-0.2, -0.15) is 0 Å². The summed E-state index contributed by atoms with van der Waals surface area (Å²) < 4.78 is 27.5. The zero-order chi connectivity index (χ0) is 11.4. The number of hydrogen-bond donors (Lipinski definition) is 2. The van der Waals surface area contributed by atoms with Gasteiger partial charge in [0.2, 0.25) is 0 Å². The molecule has 1 atom stereocenters. The molecule has 1 unspecified atom stereocenters. The Morgan fingerprint density at radius 1 is 1.60 bits per heavy atom. The van der Waals surface area contributed by atoms with Crippen molar-refractivity contribution in [1.29, 1.82) is 0 Å². The van der Waals surface area contributed by atoms with Gasteiger partial charge in [-0.15, -0.1) is 0 Å². The fourth-order valence-electron chi connectivity index (χ4n) is 1.03. The van der Waals surface area contributed by atoms with Crippen molar-refractivity contribution >= 4 is 22.9 Å². The number of benzene rings is 1. The Hall–Kier alpha value is -1.60. The van der Waals surface area contributed by atoms with Crippen LogP contribution in [0.3, 0.4) is 0 Å². The topological polar surface area (TPSA) is 98.7 Å². The molecule has 0 radical (unpaired) electrons.